The van der Waals surface area contributed by atoms with Crippen LogP contribution in [0.3, 0.4) is 0 Å². The smallest absolute Gasteiger partial charge is 0.327 e. The Hall–Kier alpha value is -1.50. The Balaban J connectivity index is 2.24. The molecule has 0 aromatic carbocycles. The Morgan fingerprint density at radius 2 is 2.44 bits per heavy atom. The summed E-state index contributed by atoms with van der Waals surface area (Å²) >= 11 is 1.46. The lowest BCUT2D eigenvalue weighted by molar-refractivity contribution is -0.141. The van der Waals surface area contributed by atoms with E-state index >= 15 is 0 Å². The average molecular weight is 241 g/mol. The molecule has 1 aromatic heterocycles. The molecule has 2 unspecified atom stereocenters. The van der Waals surface area contributed by atoms with Crippen LogP contribution in [0.5, 0.6) is 0 Å². The lowest BCUT2D eigenvalue weighted by Gasteiger charge is -2.24. The third-order valence-electron chi connectivity index (χ3n) is 2.49. The van der Waals surface area contributed by atoms with E-state index in [9.17, 15) is 9.59 Å². The lowest BCUT2D eigenvalue weighted by atomic mass is 10.2. The van der Waals surface area contributed by atoms with Gasteiger partial charge in [-0.15, -0.1) is 11.8 Å². The van der Waals surface area contributed by atoms with Crippen molar-refractivity contribution < 1.29 is 14.7 Å². The van der Waals surface area contributed by atoms with Crippen molar-refractivity contribution in [3.8, 4) is 0 Å². The third kappa shape index (κ3) is 1.78. The molecule has 1 fully saturated rings. The van der Waals surface area contributed by atoms with Gasteiger partial charge in [0.2, 0.25) is 0 Å². The molecule has 2 rings (SSSR count). The average Bonchev–Trinajstić information content (AvgIpc) is 2.84. The van der Waals surface area contributed by atoms with E-state index in [0.29, 0.717) is 11.3 Å². The van der Waals surface area contributed by atoms with Crippen molar-refractivity contribution in [2.45, 2.75) is 18.3 Å². The Kier molecular flexibility index (Phi) is 2.86. The van der Waals surface area contributed by atoms with E-state index in [0.717, 1.165) is 0 Å². The molecule has 16 heavy (non-hydrogen) atoms. The summed E-state index contributed by atoms with van der Waals surface area (Å²) in [7, 11) is 0. The summed E-state index contributed by atoms with van der Waals surface area (Å²) in [6, 6.07) is -0.748. The molecular formula is C9H11N3O3S. The number of amides is 1. The van der Waals surface area contributed by atoms with Gasteiger partial charge in [0, 0.05) is 11.9 Å². The predicted molar refractivity (Wildman–Crippen MR) is 58.1 cm³/mol. The molecule has 86 valence electrons. The molecule has 1 aromatic rings. The highest BCUT2D eigenvalue weighted by Gasteiger charge is 2.39. The summed E-state index contributed by atoms with van der Waals surface area (Å²) in [6.45, 7) is 1.82. The Labute approximate surface area is 96.0 Å². The van der Waals surface area contributed by atoms with Crippen LogP contribution < -0.4 is 0 Å². The molecule has 0 aliphatic carbocycles. The van der Waals surface area contributed by atoms with Gasteiger partial charge in [-0.05, 0) is 6.92 Å². The number of carbonyl (C=O) groups excluding carboxylic acids is 1. The summed E-state index contributed by atoms with van der Waals surface area (Å²) in [6.07, 6.45) is 2.87. The van der Waals surface area contributed by atoms with Crippen LogP contribution >= 0.6 is 11.8 Å². The predicted octanol–water partition coefficient (Wildman–Crippen LogP) is 0.398. The molecule has 0 saturated carbocycles. The highest BCUT2D eigenvalue weighted by Crippen LogP contribution is 2.30. The number of carboxylic acid groups (broad SMARTS) is 1. The van der Waals surface area contributed by atoms with Crippen molar-refractivity contribution in [2.75, 3.05) is 5.75 Å². The minimum atomic E-state index is -0.964. The van der Waals surface area contributed by atoms with Crippen LogP contribution in [0.25, 0.3) is 0 Å². The fourth-order valence-electron chi connectivity index (χ4n) is 1.66. The van der Waals surface area contributed by atoms with E-state index in [1.807, 2.05) is 6.92 Å². The molecule has 1 aliphatic rings. The highest BCUT2D eigenvalue weighted by atomic mass is 32.2. The first-order valence-corrected chi connectivity index (χ1v) is 5.82. The van der Waals surface area contributed by atoms with E-state index in [1.54, 1.807) is 0 Å². The van der Waals surface area contributed by atoms with Crippen LogP contribution in [0, 0.1) is 0 Å². The number of hydrogen-bond donors (Lipinski definition) is 2. The topological polar surface area (TPSA) is 86.3 Å². The number of hydrogen-bond acceptors (Lipinski definition) is 4. The van der Waals surface area contributed by atoms with E-state index in [2.05, 4.69) is 10.2 Å². The number of H-pyrrole nitrogens is 1. The Morgan fingerprint density at radius 3 is 3.00 bits per heavy atom. The van der Waals surface area contributed by atoms with Gasteiger partial charge in [-0.3, -0.25) is 9.89 Å². The maximum Gasteiger partial charge on any atom is 0.327 e. The molecule has 2 N–H and O–H groups in total. The normalized spacial score (nSPS) is 24.7. The number of nitrogens with one attached hydrogen (secondary N) is 1. The zero-order valence-electron chi connectivity index (χ0n) is 8.58. The second-order valence-corrected chi connectivity index (χ2v) is 4.83. The highest BCUT2D eigenvalue weighted by molar-refractivity contribution is 8.00. The number of carboxylic acids is 1. The van der Waals surface area contributed by atoms with Crippen LogP contribution in [0.4, 0.5) is 0 Å². The minimum Gasteiger partial charge on any atom is -0.480 e. The molecular weight excluding hydrogens is 230 g/mol. The van der Waals surface area contributed by atoms with Crippen molar-refractivity contribution >= 4 is 23.6 Å². The molecule has 2 atom stereocenters. The van der Waals surface area contributed by atoms with E-state index < -0.39 is 12.0 Å². The summed E-state index contributed by atoms with van der Waals surface area (Å²) in [4.78, 5) is 24.4. The van der Waals surface area contributed by atoms with Gasteiger partial charge in [0.25, 0.3) is 5.91 Å². The summed E-state index contributed by atoms with van der Waals surface area (Å²) < 4.78 is 0. The van der Waals surface area contributed by atoms with Gasteiger partial charge in [0.15, 0.2) is 0 Å². The van der Waals surface area contributed by atoms with Crippen molar-refractivity contribution in [3.05, 3.63) is 18.0 Å². The quantitative estimate of drug-likeness (QED) is 0.782. The number of aromatic amines is 1. The van der Waals surface area contributed by atoms with Gasteiger partial charge in [-0.1, -0.05) is 0 Å². The monoisotopic (exact) mass is 241 g/mol. The number of thioether (sulfide) groups is 1. The number of carbonyl (C=O) groups is 2. The molecule has 1 aliphatic heterocycles. The fourth-order valence-corrected chi connectivity index (χ4v) is 2.83. The number of aliphatic carboxylic acids is 1. The zero-order chi connectivity index (χ0) is 11.7. The SMILES string of the molecule is CC1SCC(C(=O)O)N1C(=O)c1cn[nH]c1. The van der Waals surface area contributed by atoms with Crippen molar-refractivity contribution in [1.29, 1.82) is 0 Å². The molecule has 1 amide bonds. The van der Waals surface area contributed by atoms with Crippen LogP contribution in [-0.4, -0.2) is 49.2 Å². The van der Waals surface area contributed by atoms with Gasteiger partial charge in [0.1, 0.15) is 6.04 Å². The maximum atomic E-state index is 12.0. The molecule has 1 saturated heterocycles. The third-order valence-corrected chi connectivity index (χ3v) is 3.71. The second kappa shape index (κ2) is 4.17. The zero-order valence-corrected chi connectivity index (χ0v) is 9.40. The lowest BCUT2D eigenvalue weighted by Crippen LogP contribution is -2.44. The van der Waals surface area contributed by atoms with Crippen LogP contribution in [0.2, 0.25) is 0 Å². The van der Waals surface area contributed by atoms with E-state index in [1.165, 1.54) is 29.1 Å². The van der Waals surface area contributed by atoms with Crippen LogP contribution in [0.15, 0.2) is 12.4 Å². The Morgan fingerprint density at radius 1 is 1.69 bits per heavy atom. The first-order chi connectivity index (χ1) is 7.61. The molecule has 0 bridgehead atoms. The molecule has 0 spiro atoms. The van der Waals surface area contributed by atoms with Gasteiger partial charge in [0.05, 0.1) is 17.1 Å². The van der Waals surface area contributed by atoms with Crippen molar-refractivity contribution in [1.82, 2.24) is 15.1 Å². The van der Waals surface area contributed by atoms with Gasteiger partial charge in [-0.25, -0.2) is 4.79 Å². The molecule has 6 nitrogen and oxygen atoms in total. The Bertz CT molecular complexity index is 406. The standard InChI is InChI=1S/C9H11N3O3S/c1-5-12(7(4-16-5)9(14)15)8(13)6-2-10-11-3-6/h2-3,5,7H,4H2,1H3,(H,10,11)(H,14,15). The minimum absolute atomic E-state index is 0.122. The summed E-state index contributed by atoms with van der Waals surface area (Å²) in [5, 5.41) is 15.1. The number of nitrogens with zero attached hydrogens (tertiary/aromatic N) is 2. The summed E-state index contributed by atoms with van der Waals surface area (Å²) in [5.41, 5.74) is 0.389. The van der Waals surface area contributed by atoms with E-state index in [-0.39, 0.29) is 11.3 Å². The second-order valence-electron chi connectivity index (χ2n) is 3.49. The fraction of sp³-hybridized carbons (Fsp3) is 0.444. The van der Waals surface area contributed by atoms with Gasteiger partial charge in [-0.2, -0.15) is 5.10 Å². The first-order valence-electron chi connectivity index (χ1n) is 4.77. The van der Waals surface area contributed by atoms with E-state index in [4.69, 9.17) is 5.11 Å². The largest absolute Gasteiger partial charge is 0.480 e. The van der Waals surface area contributed by atoms with Crippen molar-refractivity contribution in [2.24, 2.45) is 0 Å². The molecule has 2 heterocycles. The number of aromatic nitrogens is 2. The van der Waals surface area contributed by atoms with Gasteiger partial charge < -0.3 is 10.0 Å². The molecule has 7 heteroatoms. The number of rotatable bonds is 2. The van der Waals surface area contributed by atoms with Crippen molar-refractivity contribution in [3.63, 3.8) is 0 Å². The maximum absolute atomic E-state index is 12.0. The van der Waals surface area contributed by atoms with Gasteiger partial charge >= 0.3 is 5.97 Å². The molecule has 0 radical (unpaired) electrons. The van der Waals surface area contributed by atoms with Crippen LogP contribution in [0.1, 0.15) is 17.3 Å². The van der Waals surface area contributed by atoms with Crippen LogP contribution in [-0.2, 0) is 4.79 Å². The first kappa shape index (κ1) is 11.0. The summed E-state index contributed by atoms with van der Waals surface area (Å²) in [5.74, 6) is -0.826.